The Balaban J connectivity index is 0.00000320. The summed E-state index contributed by atoms with van der Waals surface area (Å²) in [4.78, 5) is 38.0. The maximum atomic E-state index is 13.5. The number of carbonyl (C=O) groups is 3. The SMILES string of the molecule is C.CCC(=O)c1c(-c2ccc(F)cc2)oc2ccc(-c3cc(C(=O)CC4(C(C)=O)CC4)ccc3C)cc12. The molecule has 3 aromatic carbocycles. The van der Waals surface area contributed by atoms with Crippen molar-refractivity contribution in [3.8, 4) is 22.5 Å². The number of rotatable bonds is 8. The van der Waals surface area contributed by atoms with Crippen LogP contribution in [0.2, 0.25) is 0 Å². The minimum absolute atomic E-state index is 0. The Labute approximate surface area is 216 Å². The molecule has 1 saturated carbocycles. The quantitative estimate of drug-likeness (QED) is 0.229. The summed E-state index contributed by atoms with van der Waals surface area (Å²) in [6.45, 7) is 5.34. The highest BCUT2D eigenvalue weighted by molar-refractivity contribution is 6.13. The van der Waals surface area contributed by atoms with E-state index in [9.17, 15) is 18.8 Å². The van der Waals surface area contributed by atoms with Gasteiger partial charge in [-0.15, -0.1) is 0 Å². The van der Waals surface area contributed by atoms with Crippen LogP contribution < -0.4 is 0 Å². The average molecular weight is 499 g/mol. The Morgan fingerprint density at radius 2 is 1.59 bits per heavy atom. The zero-order valence-electron chi connectivity index (χ0n) is 20.6. The molecule has 4 aromatic rings. The van der Waals surface area contributed by atoms with E-state index in [-0.39, 0.29) is 37.0 Å². The van der Waals surface area contributed by atoms with Gasteiger partial charge in [-0.1, -0.05) is 32.5 Å². The number of benzene rings is 3. The molecule has 5 heteroatoms. The number of ketones is 3. The van der Waals surface area contributed by atoms with Gasteiger partial charge in [0.2, 0.25) is 0 Å². The van der Waals surface area contributed by atoms with Crippen LogP contribution in [-0.2, 0) is 4.79 Å². The van der Waals surface area contributed by atoms with Gasteiger partial charge in [0.25, 0.3) is 0 Å². The van der Waals surface area contributed by atoms with Crippen molar-refractivity contribution in [2.45, 2.75) is 53.9 Å². The van der Waals surface area contributed by atoms with Gasteiger partial charge in [0, 0.05) is 34.8 Å². The lowest BCUT2D eigenvalue weighted by Gasteiger charge is -2.12. The molecule has 0 bridgehead atoms. The van der Waals surface area contributed by atoms with Crippen molar-refractivity contribution >= 4 is 28.3 Å². The number of furan rings is 1. The minimum atomic E-state index is -0.482. The van der Waals surface area contributed by atoms with Crippen LogP contribution in [0, 0.1) is 18.2 Å². The van der Waals surface area contributed by atoms with E-state index in [0.717, 1.165) is 29.5 Å². The lowest BCUT2D eigenvalue weighted by atomic mass is 9.90. The van der Waals surface area contributed by atoms with E-state index in [1.807, 2.05) is 43.3 Å². The van der Waals surface area contributed by atoms with E-state index in [4.69, 9.17) is 4.42 Å². The summed E-state index contributed by atoms with van der Waals surface area (Å²) in [6.07, 6.45) is 2.08. The van der Waals surface area contributed by atoms with E-state index in [1.165, 1.54) is 12.1 Å². The van der Waals surface area contributed by atoms with Crippen molar-refractivity contribution in [2.24, 2.45) is 5.41 Å². The first-order chi connectivity index (χ1) is 17.2. The van der Waals surface area contributed by atoms with Gasteiger partial charge in [-0.05, 0) is 85.8 Å². The number of hydrogen-bond donors (Lipinski definition) is 0. The fourth-order valence-electron chi connectivity index (χ4n) is 4.84. The van der Waals surface area contributed by atoms with Gasteiger partial charge in [-0.3, -0.25) is 14.4 Å². The van der Waals surface area contributed by atoms with Crippen LogP contribution in [0.4, 0.5) is 4.39 Å². The molecule has 5 rings (SSSR count). The Hall–Kier alpha value is -3.86. The first kappa shape index (κ1) is 26.2. The third kappa shape index (κ3) is 4.78. The Morgan fingerprint density at radius 3 is 2.22 bits per heavy atom. The van der Waals surface area contributed by atoms with Crippen LogP contribution in [0.1, 0.15) is 73.2 Å². The predicted molar refractivity (Wildman–Crippen MR) is 144 cm³/mol. The second-order valence-electron chi connectivity index (χ2n) is 9.77. The predicted octanol–water partition coefficient (Wildman–Crippen LogP) is 8.39. The van der Waals surface area contributed by atoms with Crippen molar-refractivity contribution in [1.29, 1.82) is 0 Å². The summed E-state index contributed by atoms with van der Waals surface area (Å²) in [5.41, 5.74) is 4.50. The summed E-state index contributed by atoms with van der Waals surface area (Å²) in [6, 6.07) is 17.2. The van der Waals surface area contributed by atoms with Gasteiger partial charge in [-0.2, -0.15) is 0 Å². The molecule has 0 atom stereocenters. The highest BCUT2D eigenvalue weighted by Crippen LogP contribution is 2.50. The maximum Gasteiger partial charge on any atom is 0.167 e. The molecule has 37 heavy (non-hydrogen) atoms. The maximum absolute atomic E-state index is 13.5. The fraction of sp³-hybridized carbons (Fsp3) is 0.281. The van der Waals surface area contributed by atoms with E-state index < -0.39 is 5.41 Å². The van der Waals surface area contributed by atoms with Gasteiger partial charge in [0.15, 0.2) is 11.6 Å². The van der Waals surface area contributed by atoms with Crippen LogP contribution in [0.15, 0.2) is 65.1 Å². The average Bonchev–Trinajstić information content (AvgIpc) is 3.56. The highest BCUT2D eigenvalue weighted by Gasteiger charge is 2.48. The van der Waals surface area contributed by atoms with Crippen molar-refractivity contribution < 1.29 is 23.2 Å². The number of hydrogen-bond acceptors (Lipinski definition) is 4. The van der Waals surface area contributed by atoms with Gasteiger partial charge in [-0.25, -0.2) is 4.39 Å². The highest BCUT2D eigenvalue weighted by atomic mass is 19.1. The zero-order valence-corrected chi connectivity index (χ0v) is 20.6. The summed E-state index contributed by atoms with van der Waals surface area (Å²) < 4.78 is 19.6. The molecule has 1 aliphatic carbocycles. The normalized spacial score (nSPS) is 13.7. The number of carbonyl (C=O) groups excluding carboxylic acids is 3. The Morgan fingerprint density at radius 1 is 0.919 bits per heavy atom. The number of fused-ring (bicyclic) bond motifs is 1. The topological polar surface area (TPSA) is 64.3 Å². The van der Waals surface area contributed by atoms with Crippen LogP contribution in [0.5, 0.6) is 0 Å². The molecule has 0 spiro atoms. The van der Waals surface area contributed by atoms with Crippen molar-refractivity contribution in [3.63, 3.8) is 0 Å². The van der Waals surface area contributed by atoms with Crippen molar-refractivity contribution in [3.05, 3.63) is 83.2 Å². The van der Waals surface area contributed by atoms with Gasteiger partial charge in [0.05, 0.1) is 5.56 Å². The first-order valence-corrected chi connectivity index (χ1v) is 12.2. The lowest BCUT2D eigenvalue weighted by molar-refractivity contribution is -0.121. The minimum Gasteiger partial charge on any atom is -0.455 e. The standard InChI is InChI=1S/C31H27FO4.CH4/c1-4-26(34)29-25-15-21(9-12-28(25)36-30(29)20-7-10-23(32)11-8-20)24-16-22(6-5-18(24)2)27(35)17-31(13-14-31)19(3)33;/h5-12,15-16H,4,13-14,17H2,1-3H3;1H4. The summed E-state index contributed by atoms with van der Waals surface area (Å²) in [5.74, 6) is 0.0484. The van der Waals surface area contributed by atoms with E-state index in [2.05, 4.69) is 0 Å². The number of aryl methyl sites for hydroxylation is 1. The van der Waals surface area contributed by atoms with Crippen LogP contribution >= 0.6 is 0 Å². The summed E-state index contributed by atoms with van der Waals surface area (Å²) in [7, 11) is 0. The zero-order chi connectivity index (χ0) is 25.6. The largest absolute Gasteiger partial charge is 0.455 e. The molecule has 190 valence electrons. The van der Waals surface area contributed by atoms with Crippen LogP contribution in [-0.4, -0.2) is 17.3 Å². The van der Waals surface area contributed by atoms with Gasteiger partial charge >= 0.3 is 0 Å². The molecule has 4 nitrogen and oxygen atoms in total. The smallest absolute Gasteiger partial charge is 0.167 e. The summed E-state index contributed by atoms with van der Waals surface area (Å²) in [5, 5.41) is 0.684. The lowest BCUT2D eigenvalue weighted by Crippen LogP contribution is -2.17. The molecule has 1 aromatic heterocycles. The fourth-order valence-corrected chi connectivity index (χ4v) is 4.84. The van der Waals surface area contributed by atoms with E-state index in [0.29, 0.717) is 39.8 Å². The summed E-state index contributed by atoms with van der Waals surface area (Å²) >= 11 is 0. The van der Waals surface area contributed by atoms with Gasteiger partial charge in [0.1, 0.15) is 22.9 Å². The van der Waals surface area contributed by atoms with Crippen molar-refractivity contribution in [1.82, 2.24) is 0 Å². The molecule has 0 amide bonds. The molecule has 0 unspecified atom stereocenters. The van der Waals surface area contributed by atoms with Crippen molar-refractivity contribution in [2.75, 3.05) is 0 Å². The molecular formula is C32H31FO4. The molecule has 0 radical (unpaired) electrons. The molecule has 0 aliphatic heterocycles. The third-order valence-corrected chi connectivity index (χ3v) is 7.36. The molecule has 1 heterocycles. The number of halogens is 1. The molecule has 0 N–H and O–H groups in total. The molecule has 0 saturated heterocycles. The third-order valence-electron chi connectivity index (χ3n) is 7.36. The monoisotopic (exact) mass is 498 g/mol. The number of Topliss-reactive ketones (excluding diaryl/α,β-unsaturated/α-hetero) is 3. The van der Waals surface area contributed by atoms with Gasteiger partial charge < -0.3 is 4.42 Å². The molecule has 1 fully saturated rings. The first-order valence-electron chi connectivity index (χ1n) is 12.2. The molecular weight excluding hydrogens is 467 g/mol. The Bertz CT molecular complexity index is 1520. The van der Waals surface area contributed by atoms with E-state index >= 15 is 0 Å². The van der Waals surface area contributed by atoms with Crippen LogP contribution in [0.3, 0.4) is 0 Å². The molecule has 1 aliphatic rings. The van der Waals surface area contributed by atoms with Crippen LogP contribution in [0.25, 0.3) is 33.4 Å². The Kier molecular flexibility index (Phi) is 7.00. The second-order valence-corrected chi connectivity index (χ2v) is 9.77. The van der Waals surface area contributed by atoms with E-state index in [1.54, 1.807) is 26.0 Å². The second kappa shape index (κ2) is 9.89.